The molecule has 4 heteroatoms. The van der Waals surface area contributed by atoms with Crippen molar-refractivity contribution in [3.63, 3.8) is 0 Å². The van der Waals surface area contributed by atoms with Gasteiger partial charge in [-0.3, -0.25) is 9.78 Å². The average molecular weight is 272 g/mol. The lowest BCUT2D eigenvalue weighted by molar-refractivity contribution is -0.139. The maximum atomic E-state index is 11.1. The van der Waals surface area contributed by atoms with E-state index in [1.54, 1.807) is 6.20 Å². The molecule has 1 unspecified atom stereocenters. The molecule has 1 aromatic heterocycles. The van der Waals surface area contributed by atoms with Crippen LogP contribution in [0.1, 0.15) is 30.9 Å². The molecule has 1 heterocycles. The quantitative estimate of drug-likeness (QED) is 0.848. The van der Waals surface area contributed by atoms with Gasteiger partial charge in [-0.05, 0) is 36.6 Å². The first kappa shape index (κ1) is 14.5. The van der Waals surface area contributed by atoms with Crippen LogP contribution in [-0.4, -0.2) is 22.1 Å². The third-order valence-electron chi connectivity index (χ3n) is 3.38. The second-order valence-corrected chi connectivity index (χ2v) is 5.05. The van der Waals surface area contributed by atoms with Crippen molar-refractivity contribution in [1.29, 1.82) is 0 Å². The highest BCUT2D eigenvalue weighted by molar-refractivity contribution is 5.82. The molecule has 2 rings (SSSR count). The van der Waals surface area contributed by atoms with Gasteiger partial charge in [0, 0.05) is 18.1 Å². The van der Waals surface area contributed by atoms with Crippen molar-refractivity contribution in [2.75, 3.05) is 0 Å². The Labute approximate surface area is 118 Å². The van der Waals surface area contributed by atoms with Gasteiger partial charge >= 0.3 is 5.97 Å². The van der Waals surface area contributed by atoms with Crippen LogP contribution in [0.15, 0.2) is 30.5 Å². The Morgan fingerprint density at radius 3 is 2.95 bits per heavy atom. The summed E-state index contributed by atoms with van der Waals surface area (Å²) in [5.41, 5.74) is 3.20. The standard InChI is InChI=1S/C16H20N2O2/c1-3-5-14(16(19)20)18-10-12-8-11(2)15-13(9-12)6-4-7-17-15/h4,6-9,14,18H,3,5,10H2,1-2H3,(H,19,20). The molecule has 0 aliphatic carbocycles. The number of benzene rings is 1. The van der Waals surface area contributed by atoms with Crippen LogP contribution in [0.25, 0.3) is 10.9 Å². The van der Waals surface area contributed by atoms with Gasteiger partial charge < -0.3 is 10.4 Å². The Kier molecular flexibility index (Phi) is 4.69. The van der Waals surface area contributed by atoms with Crippen molar-refractivity contribution >= 4 is 16.9 Å². The second kappa shape index (κ2) is 6.48. The van der Waals surface area contributed by atoms with Crippen molar-refractivity contribution in [3.05, 3.63) is 41.6 Å². The van der Waals surface area contributed by atoms with Crippen LogP contribution in [-0.2, 0) is 11.3 Å². The van der Waals surface area contributed by atoms with E-state index in [2.05, 4.69) is 22.4 Å². The number of aromatic nitrogens is 1. The van der Waals surface area contributed by atoms with Gasteiger partial charge in [0.05, 0.1) is 5.52 Å². The predicted octanol–water partition coefficient (Wildman–Crippen LogP) is 2.89. The van der Waals surface area contributed by atoms with Crippen molar-refractivity contribution in [2.45, 2.75) is 39.3 Å². The predicted molar refractivity (Wildman–Crippen MR) is 79.7 cm³/mol. The van der Waals surface area contributed by atoms with E-state index in [4.69, 9.17) is 5.11 Å². The van der Waals surface area contributed by atoms with Gasteiger partial charge in [0.1, 0.15) is 6.04 Å². The summed E-state index contributed by atoms with van der Waals surface area (Å²) in [7, 11) is 0. The molecule has 0 amide bonds. The Bertz CT molecular complexity index is 610. The number of rotatable bonds is 6. The third kappa shape index (κ3) is 3.33. The molecule has 1 aromatic carbocycles. The third-order valence-corrected chi connectivity index (χ3v) is 3.38. The maximum Gasteiger partial charge on any atom is 0.320 e. The second-order valence-electron chi connectivity index (χ2n) is 5.05. The summed E-state index contributed by atoms with van der Waals surface area (Å²) in [5.74, 6) is -0.786. The van der Waals surface area contributed by atoms with Crippen LogP contribution in [0, 0.1) is 6.92 Å². The van der Waals surface area contributed by atoms with Crippen molar-refractivity contribution in [3.8, 4) is 0 Å². The molecule has 106 valence electrons. The fourth-order valence-corrected chi connectivity index (χ4v) is 2.40. The minimum Gasteiger partial charge on any atom is -0.480 e. The lowest BCUT2D eigenvalue weighted by Crippen LogP contribution is -2.36. The summed E-state index contributed by atoms with van der Waals surface area (Å²) < 4.78 is 0. The minimum absolute atomic E-state index is 0.482. The van der Waals surface area contributed by atoms with Gasteiger partial charge in [-0.1, -0.05) is 25.5 Å². The molecule has 0 spiro atoms. The lowest BCUT2D eigenvalue weighted by Gasteiger charge is -2.14. The molecule has 4 nitrogen and oxygen atoms in total. The van der Waals surface area contributed by atoms with E-state index >= 15 is 0 Å². The van der Waals surface area contributed by atoms with Crippen molar-refractivity contribution in [2.24, 2.45) is 0 Å². The zero-order valence-corrected chi connectivity index (χ0v) is 11.9. The number of carbonyl (C=O) groups is 1. The number of nitrogens with one attached hydrogen (secondary N) is 1. The van der Waals surface area contributed by atoms with Gasteiger partial charge in [0.2, 0.25) is 0 Å². The zero-order chi connectivity index (χ0) is 14.5. The Hall–Kier alpha value is -1.94. The van der Waals surface area contributed by atoms with Gasteiger partial charge in [-0.25, -0.2) is 0 Å². The first-order chi connectivity index (χ1) is 9.61. The molecule has 0 saturated carbocycles. The van der Waals surface area contributed by atoms with Crippen LogP contribution in [0.5, 0.6) is 0 Å². The van der Waals surface area contributed by atoms with Gasteiger partial charge in [-0.2, -0.15) is 0 Å². The maximum absolute atomic E-state index is 11.1. The lowest BCUT2D eigenvalue weighted by atomic mass is 10.1. The summed E-state index contributed by atoms with van der Waals surface area (Å²) in [5, 5.41) is 13.3. The van der Waals surface area contributed by atoms with E-state index in [0.717, 1.165) is 28.5 Å². The highest BCUT2D eigenvalue weighted by Crippen LogP contribution is 2.18. The molecule has 0 radical (unpaired) electrons. The summed E-state index contributed by atoms with van der Waals surface area (Å²) in [6.45, 7) is 4.58. The van der Waals surface area contributed by atoms with Gasteiger partial charge in [-0.15, -0.1) is 0 Å². The first-order valence-corrected chi connectivity index (χ1v) is 6.92. The summed E-state index contributed by atoms with van der Waals surface area (Å²) >= 11 is 0. The smallest absolute Gasteiger partial charge is 0.320 e. The molecule has 0 aliphatic rings. The van der Waals surface area contributed by atoms with E-state index in [9.17, 15) is 4.79 Å². The minimum atomic E-state index is -0.786. The summed E-state index contributed by atoms with van der Waals surface area (Å²) in [6, 6.07) is 7.58. The van der Waals surface area contributed by atoms with E-state index in [1.807, 2.05) is 26.0 Å². The average Bonchev–Trinajstić information content (AvgIpc) is 2.43. The summed E-state index contributed by atoms with van der Waals surface area (Å²) in [4.78, 5) is 15.5. The Morgan fingerprint density at radius 2 is 2.25 bits per heavy atom. The fraction of sp³-hybridized carbons (Fsp3) is 0.375. The van der Waals surface area contributed by atoms with Gasteiger partial charge in [0.15, 0.2) is 0 Å². The monoisotopic (exact) mass is 272 g/mol. The number of pyridine rings is 1. The van der Waals surface area contributed by atoms with E-state index in [0.29, 0.717) is 13.0 Å². The Balaban J connectivity index is 2.15. The molecule has 0 bridgehead atoms. The van der Waals surface area contributed by atoms with Crippen LogP contribution < -0.4 is 5.32 Å². The van der Waals surface area contributed by atoms with Crippen LogP contribution >= 0.6 is 0 Å². The number of carboxylic acids is 1. The molecule has 0 fully saturated rings. The molecule has 1 atom stereocenters. The first-order valence-electron chi connectivity index (χ1n) is 6.92. The molecule has 0 aliphatic heterocycles. The van der Waals surface area contributed by atoms with Crippen LogP contribution in [0.4, 0.5) is 0 Å². The normalized spacial score (nSPS) is 12.5. The Morgan fingerprint density at radius 1 is 1.45 bits per heavy atom. The molecule has 20 heavy (non-hydrogen) atoms. The molecular formula is C16H20N2O2. The number of aryl methyl sites for hydroxylation is 1. The largest absolute Gasteiger partial charge is 0.480 e. The number of hydrogen-bond donors (Lipinski definition) is 2. The van der Waals surface area contributed by atoms with Crippen molar-refractivity contribution in [1.82, 2.24) is 10.3 Å². The summed E-state index contributed by atoms with van der Waals surface area (Å²) in [6.07, 6.45) is 3.28. The van der Waals surface area contributed by atoms with E-state index in [-0.39, 0.29) is 0 Å². The molecule has 2 N–H and O–H groups in total. The topological polar surface area (TPSA) is 62.2 Å². The van der Waals surface area contributed by atoms with Crippen LogP contribution in [0.2, 0.25) is 0 Å². The fourth-order valence-electron chi connectivity index (χ4n) is 2.40. The van der Waals surface area contributed by atoms with Crippen molar-refractivity contribution < 1.29 is 9.90 Å². The number of carboxylic acid groups (broad SMARTS) is 1. The van der Waals surface area contributed by atoms with Gasteiger partial charge in [0.25, 0.3) is 0 Å². The van der Waals surface area contributed by atoms with Crippen LogP contribution in [0.3, 0.4) is 0 Å². The molecule has 2 aromatic rings. The SMILES string of the molecule is CCCC(NCc1cc(C)c2ncccc2c1)C(=O)O. The molecular weight excluding hydrogens is 252 g/mol. The zero-order valence-electron chi connectivity index (χ0n) is 11.9. The van der Waals surface area contributed by atoms with E-state index in [1.165, 1.54) is 0 Å². The molecule has 0 saturated heterocycles. The highest BCUT2D eigenvalue weighted by atomic mass is 16.4. The van der Waals surface area contributed by atoms with E-state index < -0.39 is 12.0 Å². The highest BCUT2D eigenvalue weighted by Gasteiger charge is 2.15. The number of fused-ring (bicyclic) bond motifs is 1. The number of nitrogens with zero attached hydrogens (tertiary/aromatic N) is 1. The number of aliphatic carboxylic acids is 1. The number of hydrogen-bond acceptors (Lipinski definition) is 3.